The highest BCUT2D eigenvalue weighted by molar-refractivity contribution is 5.62. The maximum absolute atomic E-state index is 4.75. The summed E-state index contributed by atoms with van der Waals surface area (Å²) in [5.74, 6) is 1.77. The van der Waals surface area contributed by atoms with Gasteiger partial charge in [0.25, 0.3) is 0 Å². The molecule has 4 heterocycles. The number of anilines is 2. The molecule has 1 atom stereocenters. The molecule has 0 saturated carbocycles. The molecule has 7 heteroatoms. The van der Waals surface area contributed by atoms with Crippen molar-refractivity contribution in [1.82, 2.24) is 24.9 Å². The van der Waals surface area contributed by atoms with Crippen LogP contribution in [0.4, 0.5) is 11.6 Å². The number of fused-ring (bicyclic) bond motifs is 1. The molecule has 1 aliphatic rings. The predicted octanol–water partition coefficient (Wildman–Crippen LogP) is 1.63. The zero-order chi connectivity index (χ0) is 16.5. The van der Waals surface area contributed by atoms with Gasteiger partial charge in [0, 0.05) is 26.7 Å². The van der Waals surface area contributed by atoms with Gasteiger partial charge in [-0.25, -0.2) is 14.5 Å². The van der Waals surface area contributed by atoms with Crippen LogP contribution in [0.15, 0.2) is 36.5 Å². The average molecular weight is 323 g/mol. The van der Waals surface area contributed by atoms with Crippen LogP contribution in [-0.2, 0) is 0 Å². The van der Waals surface area contributed by atoms with E-state index >= 15 is 0 Å². The zero-order valence-electron chi connectivity index (χ0n) is 13.9. The van der Waals surface area contributed by atoms with Crippen LogP contribution in [-0.4, -0.2) is 52.8 Å². The van der Waals surface area contributed by atoms with Crippen molar-refractivity contribution in [1.29, 1.82) is 0 Å². The fourth-order valence-electron chi connectivity index (χ4n) is 2.92. The molecule has 3 aromatic heterocycles. The molecule has 0 bridgehead atoms. The number of rotatable bonds is 4. The van der Waals surface area contributed by atoms with E-state index in [0.717, 1.165) is 48.2 Å². The Morgan fingerprint density at radius 2 is 2.17 bits per heavy atom. The third-order valence-corrected chi connectivity index (χ3v) is 4.23. The van der Waals surface area contributed by atoms with Crippen molar-refractivity contribution in [2.45, 2.75) is 12.5 Å². The van der Waals surface area contributed by atoms with Crippen LogP contribution in [0, 0.1) is 0 Å². The van der Waals surface area contributed by atoms with Crippen LogP contribution in [0.5, 0.6) is 0 Å². The minimum Gasteiger partial charge on any atom is -0.366 e. The van der Waals surface area contributed by atoms with Gasteiger partial charge in [0.05, 0.1) is 11.9 Å². The first-order valence-corrected chi connectivity index (χ1v) is 8.17. The number of aromatic nitrogens is 4. The molecule has 0 aromatic carbocycles. The lowest BCUT2D eigenvalue weighted by Crippen LogP contribution is -2.22. The second-order valence-corrected chi connectivity index (χ2v) is 6.24. The van der Waals surface area contributed by atoms with Gasteiger partial charge in [0.1, 0.15) is 17.3 Å². The summed E-state index contributed by atoms with van der Waals surface area (Å²) in [7, 11) is 3.95. The Bertz CT molecular complexity index is 849. The van der Waals surface area contributed by atoms with Gasteiger partial charge in [-0.15, -0.1) is 5.10 Å². The third-order valence-electron chi connectivity index (χ3n) is 4.23. The molecule has 0 aliphatic carbocycles. The first-order valence-electron chi connectivity index (χ1n) is 8.17. The van der Waals surface area contributed by atoms with Crippen molar-refractivity contribution in [3.8, 4) is 11.4 Å². The van der Waals surface area contributed by atoms with Crippen molar-refractivity contribution in [3.05, 3.63) is 36.5 Å². The smallest absolute Gasteiger partial charge is 0.154 e. The van der Waals surface area contributed by atoms with Crippen LogP contribution < -0.4 is 15.5 Å². The Labute approximate surface area is 140 Å². The number of nitrogens with one attached hydrogen (secondary N) is 2. The molecule has 3 aromatic rings. The van der Waals surface area contributed by atoms with Gasteiger partial charge in [-0.05, 0) is 37.2 Å². The zero-order valence-corrected chi connectivity index (χ0v) is 13.9. The number of pyridine rings is 1. The summed E-state index contributed by atoms with van der Waals surface area (Å²) in [4.78, 5) is 11.2. The standard InChI is InChI=1S/C17H21N7/c1-23(2)17-7-6-16-19-11-14(24(16)22-17)13-4-3-5-15(21-13)20-12-8-9-18-10-12/h3-7,11-12,18H,8-10H2,1-2H3,(H,20,21)/t12-/m1/s1. The van der Waals surface area contributed by atoms with E-state index in [-0.39, 0.29) is 0 Å². The van der Waals surface area contributed by atoms with E-state index < -0.39 is 0 Å². The lowest BCUT2D eigenvalue weighted by atomic mass is 10.2. The normalized spacial score (nSPS) is 17.3. The summed E-state index contributed by atoms with van der Waals surface area (Å²) in [5.41, 5.74) is 2.57. The second-order valence-electron chi connectivity index (χ2n) is 6.24. The van der Waals surface area contributed by atoms with E-state index in [1.807, 2.05) is 60.0 Å². The Balaban J connectivity index is 1.70. The SMILES string of the molecule is CN(C)c1ccc2ncc(-c3cccc(N[C@@H]4CCNC4)n3)n2n1. The molecule has 24 heavy (non-hydrogen) atoms. The molecule has 0 radical (unpaired) electrons. The first-order chi connectivity index (χ1) is 11.7. The van der Waals surface area contributed by atoms with Gasteiger partial charge in [0.15, 0.2) is 5.65 Å². The molecule has 7 nitrogen and oxygen atoms in total. The molecular weight excluding hydrogens is 302 g/mol. The summed E-state index contributed by atoms with van der Waals surface area (Å²) >= 11 is 0. The van der Waals surface area contributed by atoms with Crippen molar-refractivity contribution < 1.29 is 0 Å². The summed E-state index contributed by atoms with van der Waals surface area (Å²) in [6, 6.07) is 10.4. The van der Waals surface area contributed by atoms with E-state index in [1.54, 1.807) is 0 Å². The molecular formula is C17H21N7. The molecule has 2 N–H and O–H groups in total. The molecule has 0 spiro atoms. The van der Waals surface area contributed by atoms with E-state index in [4.69, 9.17) is 4.98 Å². The largest absolute Gasteiger partial charge is 0.366 e. The van der Waals surface area contributed by atoms with E-state index in [9.17, 15) is 0 Å². The van der Waals surface area contributed by atoms with E-state index in [1.165, 1.54) is 0 Å². The number of hydrogen-bond donors (Lipinski definition) is 2. The van der Waals surface area contributed by atoms with Gasteiger partial charge >= 0.3 is 0 Å². The van der Waals surface area contributed by atoms with Crippen molar-refractivity contribution in [2.24, 2.45) is 0 Å². The Morgan fingerprint density at radius 3 is 2.96 bits per heavy atom. The summed E-state index contributed by atoms with van der Waals surface area (Å²) < 4.78 is 1.85. The fraction of sp³-hybridized carbons (Fsp3) is 0.353. The first kappa shape index (κ1) is 14.9. The average Bonchev–Trinajstić information content (AvgIpc) is 3.23. The molecule has 124 valence electrons. The van der Waals surface area contributed by atoms with Gasteiger partial charge in [0.2, 0.25) is 0 Å². The predicted molar refractivity (Wildman–Crippen MR) is 95.4 cm³/mol. The molecule has 4 rings (SSSR count). The van der Waals surface area contributed by atoms with Crippen molar-refractivity contribution >= 4 is 17.3 Å². The highest BCUT2D eigenvalue weighted by Crippen LogP contribution is 2.21. The summed E-state index contributed by atoms with van der Waals surface area (Å²) in [6.07, 6.45) is 2.94. The maximum Gasteiger partial charge on any atom is 0.154 e. The molecule has 1 saturated heterocycles. The van der Waals surface area contributed by atoms with Crippen LogP contribution in [0.3, 0.4) is 0 Å². The Hall–Kier alpha value is -2.67. The number of imidazole rings is 1. The highest BCUT2D eigenvalue weighted by Gasteiger charge is 2.15. The number of hydrogen-bond acceptors (Lipinski definition) is 6. The quantitative estimate of drug-likeness (QED) is 0.760. The van der Waals surface area contributed by atoms with Crippen LogP contribution >= 0.6 is 0 Å². The minimum absolute atomic E-state index is 0.438. The van der Waals surface area contributed by atoms with Gasteiger partial charge in [-0.3, -0.25) is 0 Å². The van der Waals surface area contributed by atoms with Crippen LogP contribution in [0.25, 0.3) is 17.0 Å². The lowest BCUT2D eigenvalue weighted by Gasteiger charge is -2.13. The monoisotopic (exact) mass is 323 g/mol. The summed E-state index contributed by atoms with van der Waals surface area (Å²) in [5, 5.41) is 11.5. The minimum atomic E-state index is 0.438. The van der Waals surface area contributed by atoms with E-state index in [2.05, 4.69) is 20.7 Å². The van der Waals surface area contributed by atoms with Gasteiger partial charge < -0.3 is 15.5 Å². The van der Waals surface area contributed by atoms with Crippen molar-refractivity contribution in [2.75, 3.05) is 37.4 Å². The summed E-state index contributed by atoms with van der Waals surface area (Å²) in [6.45, 7) is 2.04. The van der Waals surface area contributed by atoms with Crippen LogP contribution in [0.2, 0.25) is 0 Å². The fourth-order valence-corrected chi connectivity index (χ4v) is 2.92. The van der Waals surface area contributed by atoms with Crippen molar-refractivity contribution in [3.63, 3.8) is 0 Å². The highest BCUT2D eigenvalue weighted by atomic mass is 15.3. The van der Waals surface area contributed by atoms with Crippen LogP contribution in [0.1, 0.15) is 6.42 Å². The second kappa shape index (κ2) is 6.09. The third kappa shape index (κ3) is 2.78. The molecule has 1 fully saturated rings. The lowest BCUT2D eigenvalue weighted by molar-refractivity contribution is 0.788. The molecule has 0 unspecified atom stereocenters. The Morgan fingerprint density at radius 1 is 1.25 bits per heavy atom. The topological polar surface area (TPSA) is 70.4 Å². The van der Waals surface area contributed by atoms with E-state index in [0.29, 0.717) is 6.04 Å². The van der Waals surface area contributed by atoms with Gasteiger partial charge in [-0.2, -0.15) is 0 Å². The number of nitrogens with zero attached hydrogens (tertiary/aromatic N) is 5. The Kier molecular flexibility index (Phi) is 3.78. The van der Waals surface area contributed by atoms with Gasteiger partial charge in [-0.1, -0.05) is 6.07 Å². The molecule has 1 aliphatic heterocycles. The maximum atomic E-state index is 4.75. The molecule has 0 amide bonds.